The van der Waals surface area contributed by atoms with Crippen LogP contribution in [0.25, 0.3) is 0 Å². The third-order valence-electron chi connectivity index (χ3n) is 5.05. The minimum absolute atomic E-state index is 0.0730. The molecule has 26 heavy (non-hydrogen) atoms. The quantitative estimate of drug-likeness (QED) is 0.255. The normalized spacial score (nSPS) is 19.6. The Bertz CT molecular complexity index is 483. The maximum absolute atomic E-state index is 11.4. The summed E-state index contributed by atoms with van der Waals surface area (Å²) in [6, 6.07) is 0. The summed E-state index contributed by atoms with van der Waals surface area (Å²) < 4.78 is 5.12. The lowest BCUT2D eigenvalue weighted by Gasteiger charge is -2.13. The van der Waals surface area contributed by atoms with E-state index >= 15 is 0 Å². The zero-order valence-corrected chi connectivity index (χ0v) is 16.1. The first kappa shape index (κ1) is 22.4. The zero-order valence-electron chi connectivity index (χ0n) is 16.1. The molecule has 0 aromatic carbocycles. The van der Waals surface area contributed by atoms with Crippen molar-refractivity contribution in [3.05, 3.63) is 12.2 Å². The molecule has 5 heteroatoms. The van der Waals surface area contributed by atoms with Gasteiger partial charge in [0.1, 0.15) is 17.8 Å². The van der Waals surface area contributed by atoms with E-state index in [1.807, 2.05) is 0 Å². The molecule has 0 radical (unpaired) electrons. The van der Waals surface area contributed by atoms with Crippen LogP contribution in [0.5, 0.6) is 0 Å². The molecule has 1 fully saturated rings. The summed E-state index contributed by atoms with van der Waals surface area (Å²) in [5.41, 5.74) is 0.0730. The molecule has 1 saturated heterocycles. The van der Waals surface area contributed by atoms with Crippen molar-refractivity contribution in [3.63, 3.8) is 0 Å². The minimum atomic E-state index is -1.02. The van der Waals surface area contributed by atoms with E-state index in [-0.39, 0.29) is 5.57 Å². The fourth-order valence-corrected chi connectivity index (χ4v) is 3.48. The van der Waals surface area contributed by atoms with Crippen LogP contribution in [-0.2, 0) is 19.1 Å². The molecule has 1 unspecified atom stereocenters. The van der Waals surface area contributed by atoms with Crippen molar-refractivity contribution >= 4 is 17.7 Å². The van der Waals surface area contributed by atoms with Crippen LogP contribution in [-0.4, -0.2) is 28.9 Å². The van der Waals surface area contributed by atoms with Gasteiger partial charge in [-0.15, -0.1) is 0 Å². The van der Waals surface area contributed by atoms with Crippen molar-refractivity contribution in [1.29, 1.82) is 0 Å². The second-order valence-corrected chi connectivity index (χ2v) is 7.41. The van der Waals surface area contributed by atoms with E-state index in [4.69, 9.17) is 4.74 Å². The van der Waals surface area contributed by atoms with Gasteiger partial charge in [0, 0.05) is 12.0 Å². The van der Waals surface area contributed by atoms with Crippen LogP contribution in [0.1, 0.15) is 90.4 Å². The standard InChI is InChI=1S/C21H34O5/c1-16(22)14-12-10-8-6-4-3-5-7-9-11-13-15-18-19(20(23)24)17(2)21(25)26-18/h18-19H,2-15H2,1H3,(H,23,24)/t18?,19-/m0/s1. The summed E-state index contributed by atoms with van der Waals surface area (Å²) in [6.45, 7) is 5.19. The molecule has 0 aromatic heterocycles. The highest BCUT2D eigenvalue weighted by atomic mass is 16.6. The van der Waals surface area contributed by atoms with Crippen molar-refractivity contribution in [3.8, 4) is 0 Å². The number of aliphatic carboxylic acids is 1. The van der Waals surface area contributed by atoms with Gasteiger partial charge < -0.3 is 14.6 Å². The third-order valence-corrected chi connectivity index (χ3v) is 5.05. The molecule has 1 aliphatic heterocycles. The molecule has 0 spiro atoms. The number of ether oxygens (including phenoxy) is 1. The molecule has 148 valence electrons. The van der Waals surface area contributed by atoms with Gasteiger partial charge in [-0.1, -0.05) is 64.4 Å². The first-order valence-electron chi connectivity index (χ1n) is 10.1. The predicted octanol–water partition coefficient (Wildman–Crippen LogP) is 4.83. The molecular weight excluding hydrogens is 332 g/mol. The lowest BCUT2D eigenvalue weighted by Crippen LogP contribution is -2.24. The first-order valence-corrected chi connectivity index (χ1v) is 10.1. The van der Waals surface area contributed by atoms with Crippen LogP contribution in [0, 0.1) is 5.92 Å². The molecule has 1 aliphatic rings. The number of carboxylic acids is 1. The van der Waals surface area contributed by atoms with Crippen LogP contribution in [0.3, 0.4) is 0 Å². The highest BCUT2D eigenvalue weighted by Gasteiger charge is 2.42. The van der Waals surface area contributed by atoms with E-state index in [9.17, 15) is 19.5 Å². The van der Waals surface area contributed by atoms with E-state index in [2.05, 4.69) is 6.58 Å². The molecule has 5 nitrogen and oxygen atoms in total. The van der Waals surface area contributed by atoms with Gasteiger partial charge in [-0.2, -0.15) is 0 Å². The average molecular weight is 366 g/mol. The Morgan fingerprint density at radius 2 is 1.38 bits per heavy atom. The molecule has 0 amide bonds. The van der Waals surface area contributed by atoms with Crippen LogP contribution in [0.4, 0.5) is 0 Å². The lowest BCUT2D eigenvalue weighted by atomic mass is 9.93. The molecule has 1 heterocycles. The fourth-order valence-electron chi connectivity index (χ4n) is 3.48. The number of carboxylic acid groups (broad SMARTS) is 1. The summed E-state index contributed by atoms with van der Waals surface area (Å²) in [5.74, 6) is -2.17. The Hall–Kier alpha value is -1.65. The largest absolute Gasteiger partial charge is 0.481 e. The number of esters is 1. The van der Waals surface area contributed by atoms with E-state index in [0.717, 1.165) is 38.5 Å². The zero-order chi connectivity index (χ0) is 19.4. The molecule has 1 N–H and O–H groups in total. The summed E-state index contributed by atoms with van der Waals surface area (Å²) in [5, 5.41) is 9.18. The van der Waals surface area contributed by atoms with Crippen molar-refractivity contribution in [2.75, 3.05) is 0 Å². The Kier molecular flexibility index (Phi) is 10.9. The topological polar surface area (TPSA) is 80.7 Å². The summed E-state index contributed by atoms with van der Waals surface area (Å²) in [4.78, 5) is 33.5. The number of hydrogen-bond donors (Lipinski definition) is 1. The van der Waals surface area contributed by atoms with Crippen molar-refractivity contribution in [2.24, 2.45) is 5.92 Å². The number of unbranched alkanes of at least 4 members (excludes halogenated alkanes) is 10. The highest BCUT2D eigenvalue weighted by molar-refractivity contribution is 5.97. The third kappa shape index (κ3) is 8.63. The van der Waals surface area contributed by atoms with E-state index < -0.39 is 24.0 Å². The van der Waals surface area contributed by atoms with E-state index in [1.54, 1.807) is 6.92 Å². The number of carbonyl (C=O) groups excluding carboxylic acids is 2. The highest BCUT2D eigenvalue weighted by Crippen LogP contribution is 2.30. The molecule has 0 aromatic rings. The van der Waals surface area contributed by atoms with Gasteiger partial charge in [0.15, 0.2) is 0 Å². The van der Waals surface area contributed by atoms with Gasteiger partial charge in [0.05, 0.1) is 0 Å². The molecule has 0 bridgehead atoms. The van der Waals surface area contributed by atoms with E-state index in [1.165, 1.54) is 38.5 Å². The van der Waals surface area contributed by atoms with E-state index in [0.29, 0.717) is 12.2 Å². The Morgan fingerprint density at radius 3 is 1.85 bits per heavy atom. The molecular formula is C21H34O5. The number of hydrogen-bond acceptors (Lipinski definition) is 4. The summed E-state index contributed by atoms with van der Waals surface area (Å²) in [7, 11) is 0. The smallest absolute Gasteiger partial charge is 0.334 e. The molecule has 2 atom stereocenters. The van der Waals surface area contributed by atoms with Gasteiger partial charge in [0.25, 0.3) is 0 Å². The van der Waals surface area contributed by atoms with Crippen molar-refractivity contribution in [2.45, 2.75) is 96.5 Å². The SMILES string of the molecule is C=C1C(=O)OC(CCCCCCCCCCCCCC(C)=O)[C@H]1C(=O)O. The number of carbonyl (C=O) groups is 3. The lowest BCUT2D eigenvalue weighted by molar-refractivity contribution is -0.144. The van der Waals surface area contributed by atoms with Gasteiger partial charge in [-0.25, -0.2) is 4.79 Å². The first-order chi connectivity index (χ1) is 12.4. The number of rotatable bonds is 15. The second-order valence-electron chi connectivity index (χ2n) is 7.41. The molecule has 0 aliphatic carbocycles. The monoisotopic (exact) mass is 366 g/mol. The Labute approximate surface area is 157 Å². The second kappa shape index (κ2) is 12.7. The fraction of sp³-hybridized carbons (Fsp3) is 0.762. The number of ketones is 1. The Morgan fingerprint density at radius 1 is 0.923 bits per heavy atom. The van der Waals surface area contributed by atoms with Gasteiger partial charge in [-0.05, 0) is 26.2 Å². The number of cyclic esters (lactones) is 1. The van der Waals surface area contributed by atoms with Gasteiger partial charge in [0.2, 0.25) is 0 Å². The molecule has 1 rings (SSSR count). The van der Waals surface area contributed by atoms with Crippen LogP contribution >= 0.6 is 0 Å². The summed E-state index contributed by atoms with van der Waals surface area (Å²) in [6.07, 6.45) is 13.5. The Balaban J connectivity index is 1.93. The van der Waals surface area contributed by atoms with Gasteiger partial charge >= 0.3 is 11.9 Å². The summed E-state index contributed by atoms with van der Waals surface area (Å²) >= 11 is 0. The number of Topliss-reactive ketones (excluding diaryl/α,β-unsaturated/α-hetero) is 1. The maximum Gasteiger partial charge on any atom is 0.334 e. The van der Waals surface area contributed by atoms with Crippen LogP contribution in [0.15, 0.2) is 12.2 Å². The van der Waals surface area contributed by atoms with Crippen molar-refractivity contribution < 1.29 is 24.2 Å². The van der Waals surface area contributed by atoms with Crippen molar-refractivity contribution in [1.82, 2.24) is 0 Å². The average Bonchev–Trinajstić information content (AvgIpc) is 2.86. The maximum atomic E-state index is 11.4. The van der Waals surface area contributed by atoms with Crippen LogP contribution in [0.2, 0.25) is 0 Å². The van der Waals surface area contributed by atoms with Gasteiger partial charge in [-0.3, -0.25) is 4.79 Å². The molecule has 0 saturated carbocycles. The van der Waals surface area contributed by atoms with Crippen LogP contribution < -0.4 is 0 Å². The predicted molar refractivity (Wildman–Crippen MR) is 101 cm³/mol. The minimum Gasteiger partial charge on any atom is -0.481 e.